The Morgan fingerprint density at radius 1 is 1.24 bits per heavy atom. The molecule has 0 spiro atoms. The van der Waals surface area contributed by atoms with Crippen molar-refractivity contribution in [3.05, 3.63) is 57.8 Å². The molecule has 10 nitrogen and oxygen atoms in total. The number of ether oxygens (including phenoxy) is 2. The third-order valence-corrected chi connectivity index (χ3v) is 6.57. The predicted octanol–water partition coefficient (Wildman–Crippen LogP) is 4.35. The van der Waals surface area contributed by atoms with Gasteiger partial charge in [-0.3, -0.25) is 14.9 Å². The first kappa shape index (κ1) is 26.9. The number of nitrogens with zero attached hydrogens (tertiary/aromatic N) is 2. The molecule has 34 heavy (non-hydrogen) atoms. The molecule has 12 heteroatoms. The van der Waals surface area contributed by atoms with Gasteiger partial charge < -0.3 is 14.6 Å². The van der Waals surface area contributed by atoms with Crippen molar-refractivity contribution in [2.45, 2.75) is 27.2 Å². The fourth-order valence-corrected chi connectivity index (χ4v) is 4.79. The van der Waals surface area contributed by atoms with E-state index in [1.807, 2.05) is 0 Å². The number of esters is 2. The maximum absolute atomic E-state index is 12.9. The van der Waals surface area contributed by atoms with E-state index in [0.29, 0.717) is 5.56 Å². The summed E-state index contributed by atoms with van der Waals surface area (Å²) in [6, 6.07) is 4.19. The normalized spacial score (nSPS) is 11.0. The zero-order valence-corrected chi connectivity index (χ0v) is 21.3. The summed E-state index contributed by atoms with van der Waals surface area (Å²) in [5, 5.41) is 30.5. The summed E-state index contributed by atoms with van der Waals surface area (Å²) in [5.41, 5.74) is -0.347. The Bertz CT molecular complexity index is 1240. The zero-order chi connectivity index (χ0) is 25.6. The average Bonchev–Trinajstić information content (AvgIpc) is 3.10. The van der Waals surface area contributed by atoms with Crippen molar-refractivity contribution in [1.82, 2.24) is 0 Å². The first-order valence-electron chi connectivity index (χ1n) is 9.83. The number of hydrogen-bond donors (Lipinski definition) is 1. The number of thiophene rings is 1. The van der Waals surface area contributed by atoms with E-state index in [1.165, 1.54) is 6.07 Å². The van der Waals surface area contributed by atoms with Crippen LogP contribution in [0.5, 0.6) is 5.75 Å². The van der Waals surface area contributed by atoms with Crippen LogP contribution in [0.3, 0.4) is 0 Å². The quantitative estimate of drug-likeness (QED) is 0.111. The summed E-state index contributed by atoms with van der Waals surface area (Å²) in [4.78, 5) is 48.5. The van der Waals surface area contributed by atoms with E-state index in [4.69, 9.17) is 9.47 Å². The highest BCUT2D eigenvalue weighted by atomic mass is 127. The van der Waals surface area contributed by atoms with E-state index < -0.39 is 34.1 Å². The molecule has 2 rings (SSSR count). The number of allylic oxidation sites excluding steroid dienone is 1. The number of nitro groups is 1. The summed E-state index contributed by atoms with van der Waals surface area (Å²) in [7, 11) is 0. The molecule has 1 heterocycles. The van der Waals surface area contributed by atoms with Crippen LogP contribution in [0.4, 0.5) is 5.69 Å². The van der Waals surface area contributed by atoms with Crippen LogP contribution in [-0.4, -0.2) is 41.0 Å². The monoisotopic (exact) mass is 598 g/mol. The van der Waals surface area contributed by atoms with Gasteiger partial charge in [-0.15, -0.1) is 11.3 Å². The molecular formula is C22H19IN2O8S. The molecule has 0 fully saturated rings. The molecule has 0 aliphatic rings. The molecule has 0 radical (unpaired) electrons. The minimum absolute atomic E-state index is 0.0652. The van der Waals surface area contributed by atoms with Crippen LogP contribution >= 0.6 is 33.9 Å². The molecule has 2 aromatic rings. The number of carbonyl (C=O) groups is 3. The highest BCUT2D eigenvalue weighted by Crippen LogP contribution is 2.34. The lowest BCUT2D eigenvalue weighted by molar-refractivity contribution is -0.386. The molecule has 0 aliphatic carbocycles. The largest absolute Gasteiger partial charge is 0.501 e. The van der Waals surface area contributed by atoms with Crippen LogP contribution in [0.25, 0.3) is 6.08 Å². The van der Waals surface area contributed by atoms with Crippen LogP contribution in [0.2, 0.25) is 0 Å². The number of halogens is 1. The maximum Gasteiger partial charge on any atom is 0.348 e. The number of ketones is 1. The van der Waals surface area contributed by atoms with Crippen LogP contribution in [-0.2, 0) is 20.7 Å². The topological polar surface area (TPSA) is 157 Å². The highest BCUT2D eigenvalue weighted by molar-refractivity contribution is 14.1. The van der Waals surface area contributed by atoms with Crippen molar-refractivity contribution < 1.29 is 33.9 Å². The van der Waals surface area contributed by atoms with Crippen molar-refractivity contribution in [1.29, 1.82) is 5.26 Å². The molecule has 0 bridgehead atoms. The van der Waals surface area contributed by atoms with E-state index >= 15 is 0 Å². The van der Waals surface area contributed by atoms with Gasteiger partial charge in [0.25, 0.3) is 0 Å². The van der Waals surface area contributed by atoms with E-state index in [1.54, 1.807) is 49.4 Å². The van der Waals surface area contributed by atoms with E-state index in [-0.39, 0.29) is 49.7 Å². The Hall–Kier alpha value is -3.31. The molecule has 0 saturated carbocycles. The summed E-state index contributed by atoms with van der Waals surface area (Å²) in [6.45, 7) is 5.00. The van der Waals surface area contributed by atoms with E-state index in [9.17, 15) is 34.9 Å². The number of aromatic hydroxyl groups is 1. The third kappa shape index (κ3) is 5.97. The average molecular weight is 598 g/mol. The molecule has 1 aromatic heterocycles. The van der Waals surface area contributed by atoms with Crippen LogP contribution in [0.15, 0.2) is 17.7 Å². The number of Topliss-reactive ketones (excluding diaryl/α,β-unsaturated/α-hetero) is 1. The Labute approximate surface area is 212 Å². The number of benzene rings is 1. The first-order chi connectivity index (χ1) is 16.0. The van der Waals surface area contributed by atoms with Gasteiger partial charge in [0.05, 0.1) is 32.8 Å². The number of nitriles is 1. The predicted molar refractivity (Wildman–Crippen MR) is 131 cm³/mol. The van der Waals surface area contributed by atoms with Crippen LogP contribution < -0.4 is 0 Å². The number of hydrogen-bond acceptors (Lipinski definition) is 10. The standard InChI is InChI=1S/C22H19IN2O8S/c1-4-32-21(28)18-11(3)20(22(29)33-5-2)34-17(18)9-16(26)13(10-24)6-12-7-14(23)19(27)15(8-12)25(30)31/h6-8,27H,4-5,9H2,1-3H3. The van der Waals surface area contributed by atoms with Gasteiger partial charge in [-0.05, 0) is 66.6 Å². The second-order valence-corrected chi connectivity index (χ2v) is 8.96. The molecule has 0 aliphatic heterocycles. The third-order valence-electron chi connectivity index (χ3n) is 4.48. The second-order valence-electron chi connectivity index (χ2n) is 6.69. The summed E-state index contributed by atoms with van der Waals surface area (Å²) in [6.07, 6.45) is 0.781. The number of nitro benzene ring substituents is 1. The fourth-order valence-electron chi connectivity index (χ4n) is 2.97. The summed E-state index contributed by atoms with van der Waals surface area (Å²) >= 11 is 2.60. The molecule has 0 saturated heterocycles. The minimum Gasteiger partial charge on any atom is -0.501 e. The lowest BCUT2D eigenvalue weighted by atomic mass is 10.0. The van der Waals surface area contributed by atoms with Crippen LogP contribution in [0.1, 0.15) is 49.9 Å². The van der Waals surface area contributed by atoms with Gasteiger partial charge in [-0.25, -0.2) is 9.59 Å². The van der Waals surface area contributed by atoms with Gasteiger partial charge in [-0.2, -0.15) is 5.26 Å². The molecule has 0 unspecified atom stereocenters. The Morgan fingerprint density at radius 2 is 1.85 bits per heavy atom. The van der Waals surface area contributed by atoms with Gasteiger partial charge >= 0.3 is 17.6 Å². The number of rotatable bonds is 9. The molecule has 0 atom stereocenters. The number of phenols is 1. The smallest absolute Gasteiger partial charge is 0.348 e. The number of carbonyl (C=O) groups excluding carboxylic acids is 3. The van der Waals surface area contributed by atoms with Gasteiger partial charge in [0, 0.05) is 17.4 Å². The Balaban J connectivity index is 2.50. The minimum atomic E-state index is -0.778. The SMILES string of the molecule is CCOC(=O)c1sc(CC(=O)C(C#N)=Cc2cc(I)c(O)c([N+](=O)[O-])c2)c(C(=O)OCC)c1C. The van der Waals surface area contributed by atoms with E-state index in [0.717, 1.165) is 23.5 Å². The second kappa shape index (κ2) is 11.7. The lowest BCUT2D eigenvalue weighted by Gasteiger charge is -2.05. The highest BCUT2D eigenvalue weighted by Gasteiger charge is 2.28. The van der Waals surface area contributed by atoms with Crippen molar-refractivity contribution in [3.63, 3.8) is 0 Å². The summed E-state index contributed by atoms with van der Waals surface area (Å²) in [5.74, 6) is -2.54. The van der Waals surface area contributed by atoms with Gasteiger partial charge in [0.2, 0.25) is 5.75 Å². The maximum atomic E-state index is 12.9. The Morgan fingerprint density at radius 3 is 2.41 bits per heavy atom. The fraction of sp³-hybridized carbons (Fsp3) is 0.273. The van der Waals surface area contributed by atoms with Crippen molar-refractivity contribution in [2.24, 2.45) is 0 Å². The molecule has 1 N–H and O–H groups in total. The van der Waals surface area contributed by atoms with Gasteiger partial charge in [0.15, 0.2) is 5.78 Å². The molecule has 1 aromatic carbocycles. The Kier molecular flexibility index (Phi) is 9.28. The lowest BCUT2D eigenvalue weighted by Crippen LogP contribution is -2.12. The molecule has 0 amide bonds. The zero-order valence-electron chi connectivity index (χ0n) is 18.3. The molecular weight excluding hydrogens is 579 g/mol. The van der Waals surface area contributed by atoms with Gasteiger partial charge in [-0.1, -0.05) is 0 Å². The first-order valence-corrected chi connectivity index (χ1v) is 11.7. The molecule has 178 valence electrons. The summed E-state index contributed by atoms with van der Waals surface area (Å²) < 4.78 is 10.2. The van der Waals surface area contributed by atoms with Gasteiger partial charge in [0.1, 0.15) is 10.9 Å². The van der Waals surface area contributed by atoms with Crippen LogP contribution in [0, 0.1) is 31.9 Å². The number of phenolic OH excluding ortho intramolecular Hbond substituents is 1. The van der Waals surface area contributed by atoms with Crippen molar-refractivity contribution >= 4 is 63.4 Å². The van der Waals surface area contributed by atoms with Crippen molar-refractivity contribution in [3.8, 4) is 11.8 Å². The van der Waals surface area contributed by atoms with Crippen molar-refractivity contribution in [2.75, 3.05) is 13.2 Å². The van der Waals surface area contributed by atoms with E-state index in [2.05, 4.69) is 0 Å².